The number of hydrogen-bond acceptors (Lipinski definition) is 1. The van der Waals surface area contributed by atoms with Gasteiger partial charge in [0.15, 0.2) is 0 Å². The van der Waals surface area contributed by atoms with E-state index < -0.39 is 0 Å². The van der Waals surface area contributed by atoms with Gasteiger partial charge in [-0.3, -0.25) is 0 Å². The second kappa shape index (κ2) is 6.30. The zero-order valence-electron chi connectivity index (χ0n) is 13.7. The predicted molar refractivity (Wildman–Crippen MR) is 87.7 cm³/mol. The van der Waals surface area contributed by atoms with Crippen LogP contribution in [0.2, 0.25) is 0 Å². The van der Waals surface area contributed by atoms with Crippen molar-refractivity contribution in [3.8, 4) is 0 Å². The topological polar surface area (TPSA) is 26.0 Å². The summed E-state index contributed by atoms with van der Waals surface area (Å²) in [5.41, 5.74) is 9.73. The highest BCUT2D eigenvalue weighted by atomic mass is 14.7. The summed E-state index contributed by atoms with van der Waals surface area (Å²) in [7, 11) is 0. The summed E-state index contributed by atoms with van der Waals surface area (Å²) in [4.78, 5) is 0. The molecule has 0 aromatic heterocycles. The summed E-state index contributed by atoms with van der Waals surface area (Å²) in [6.07, 6.45) is 6.46. The van der Waals surface area contributed by atoms with Gasteiger partial charge in [0, 0.05) is 6.04 Å². The second-order valence-corrected chi connectivity index (χ2v) is 7.71. The van der Waals surface area contributed by atoms with Gasteiger partial charge in [0.25, 0.3) is 0 Å². The Bertz CT molecular complexity index is 416. The maximum absolute atomic E-state index is 6.60. The van der Waals surface area contributed by atoms with Crippen molar-refractivity contribution in [1.82, 2.24) is 0 Å². The first-order valence-corrected chi connectivity index (χ1v) is 8.24. The Kier molecular flexibility index (Phi) is 4.90. The molecule has 20 heavy (non-hydrogen) atoms. The molecule has 2 atom stereocenters. The van der Waals surface area contributed by atoms with Crippen molar-refractivity contribution in [3.63, 3.8) is 0 Å². The number of nitrogens with two attached hydrogens (primary N) is 1. The van der Waals surface area contributed by atoms with E-state index >= 15 is 0 Å². The van der Waals surface area contributed by atoms with Crippen molar-refractivity contribution in [3.05, 3.63) is 35.4 Å². The minimum atomic E-state index is 0.193. The van der Waals surface area contributed by atoms with Crippen LogP contribution in [0.25, 0.3) is 0 Å². The van der Waals surface area contributed by atoms with E-state index in [0.29, 0.717) is 17.3 Å². The lowest BCUT2D eigenvalue weighted by molar-refractivity contribution is 0.112. The molecule has 1 aromatic rings. The molecule has 1 fully saturated rings. The van der Waals surface area contributed by atoms with Gasteiger partial charge < -0.3 is 5.73 Å². The Morgan fingerprint density at radius 2 is 1.80 bits per heavy atom. The fourth-order valence-electron chi connectivity index (χ4n) is 3.77. The highest BCUT2D eigenvalue weighted by molar-refractivity contribution is 5.26. The first-order valence-electron chi connectivity index (χ1n) is 8.24. The zero-order valence-corrected chi connectivity index (χ0v) is 13.7. The molecule has 1 aliphatic rings. The Labute approximate surface area is 125 Å². The minimum absolute atomic E-state index is 0.193. The maximum atomic E-state index is 6.60. The Morgan fingerprint density at radius 1 is 1.15 bits per heavy atom. The average Bonchev–Trinajstić information content (AvgIpc) is 2.37. The van der Waals surface area contributed by atoms with Crippen molar-refractivity contribution >= 4 is 0 Å². The number of rotatable bonds is 4. The lowest BCUT2D eigenvalue weighted by Crippen LogP contribution is -2.36. The van der Waals surface area contributed by atoms with Gasteiger partial charge >= 0.3 is 0 Å². The first kappa shape index (κ1) is 15.6. The van der Waals surface area contributed by atoms with Gasteiger partial charge in [0.2, 0.25) is 0 Å². The molecule has 1 heteroatoms. The zero-order chi connectivity index (χ0) is 14.8. The quantitative estimate of drug-likeness (QED) is 0.811. The molecule has 1 aliphatic carbocycles. The first-order chi connectivity index (χ1) is 9.40. The van der Waals surface area contributed by atoms with Crippen LogP contribution in [0.1, 0.15) is 70.5 Å². The lowest BCUT2D eigenvalue weighted by atomic mass is 9.65. The van der Waals surface area contributed by atoms with E-state index in [0.717, 1.165) is 6.42 Å². The summed E-state index contributed by atoms with van der Waals surface area (Å²) in [5, 5.41) is 0. The van der Waals surface area contributed by atoms with Gasteiger partial charge in [-0.2, -0.15) is 0 Å². The van der Waals surface area contributed by atoms with Gasteiger partial charge in [-0.05, 0) is 47.6 Å². The Balaban J connectivity index is 2.10. The molecule has 2 rings (SSSR count). The molecule has 1 nitrogen and oxygen atoms in total. The largest absolute Gasteiger partial charge is 0.324 e. The third-order valence-corrected chi connectivity index (χ3v) is 5.03. The summed E-state index contributed by atoms with van der Waals surface area (Å²) in [5.74, 6) is 1.33. The van der Waals surface area contributed by atoms with Gasteiger partial charge in [-0.15, -0.1) is 0 Å². The van der Waals surface area contributed by atoms with Crippen LogP contribution in [-0.4, -0.2) is 0 Å². The van der Waals surface area contributed by atoms with Crippen LogP contribution in [0.3, 0.4) is 0 Å². The Morgan fingerprint density at radius 3 is 2.35 bits per heavy atom. The highest BCUT2D eigenvalue weighted by Gasteiger charge is 2.36. The predicted octanol–water partition coefficient (Wildman–Crippen LogP) is 5.10. The van der Waals surface area contributed by atoms with E-state index in [9.17, 15) is 0 Å². The SMILES string of the molecule is CC(C)Cc1ccc(C(N)C2CCCCC2(C)C)cc1. The minimum Gasteiger partial charge on any atom is -0.324 e. The fourth-order valence-corrected chi connectivity index (χ4v) is 3.77. The van der Waals surface area contributed by atoms with Crippen molar-refractivity contribution in [2.45, 2.75) is 65.8 Å². The summed E-state index contributed by atoms with van der Waals surface area (Å²) in [6.45, 7) is 9.32. The van der Waals surface area contributed by atoms with Gasteiger partial charge in [-0.1, -0.05) is 64.8 Å². The molecule has 0 bridgehead atoms. The molecule has 2 N–H and O–H groups in total. The second-order valence-electron chi connectivity index (χ2n) is 7.71. The molecule has 0 spiro atoms. The summed E-state index contributed by atoms with van der Waals surface area (Å²) < 4.78 is 0. The average molecular weight is 273 g/mol. The third kappa shape index (κ3) is 3.63. The number of hydrogen-bond donors (Lipinski definition) is 1. The third-order valence-electron chi connectivity index (χ3n) is 5.03. The van der Waals surface area contributed by atoms with Crippen LogP contribution in [0, 0.1) is 17.3 Å². The lowest BCUT2D eigenvalue weighted by Gasteiger charge is -2.42. The fraction of sp³-hybridized carbons (Fsp3) is 0.684. The summed E-state index contributed by atoms with van der Waals surface area (Å²) >= 11 is 0. The van der Waals surface area contributed by atoms with Crippen molar-refractivity contribution in [2.75, 3.05) is 0 Å². The van der Waals surface area contributed by atoms with Gasteiger partial charge in [0.05, 0.1) is 0 Å². The van der Waals surface area contributed by atoms with E-state index in [1.54, 1.807) is 0 Å². The molecule has 2 unspecified atom stereocenters. The van der Waals surface area contributed by atoms with E-state index in [4.69, 9.17) is 5.73 Å². The molecule has 0 saturated heterocycles. The van der Waals surface area contributed by atoms with Crippen molar-refractivity contribution in [2.24, 2.45) is 23.0 Å². The molecule has 0 amide bonds. The van der Waals surface area contributed by atoms with E-state index in [2.05, 4.69) is 52.0 Å². The van der Waals surface area contributed by atoms with Crippen LogP contribution in [0.15, 0.2) is 24.3 Å². The Hall–Kier alpha value is -0.820. The van der Waals surface area contributed by atoms with Crippen molar-refractivity contribution in [1.29, 1.82) is 0 Å². The van der Waals surface area contributed by atoms with E-state index in [-0.39, 0.29) is 6.04 Å². The molecule has 112 valence electrons. The molecular formula is C19H31N. The monoisotopic (exact) mass is 273 g/mol. The van der Waals surface area contributed by atoms with Crippen molar-refractivity contribution < 1.29 is 0 Å². The van der Waals surface area contributed by atoms with E-state index in [1.165, 1.54) is 36.8 Å². The van der Waals surface area contributed by atoms with Gasteiger partial charge in [0.1, 0.15) is 0 Å². The highest BCUT2D eigenvalue weighted by Crippen LogP contribution is 2.45. The molecule has 0 radical (unpaired) electrons. The summed E-state index contributed by atoms with van der Waals surface area (Å²) in [6, 6.07) is 9.24. The smallest absolute Gasteiger partial charge is 0.0328 e. The van der Waals surface area contributed by atoms with Crippen LogP contribution >= 0.6 is 0 Å². The molecule has 1 aromatic carbocycles. The molecular weight excluding hydrogens is 242 g/mol. The number of benzene rings is 1. The van der Waals surface area contributed by atoms with Crippen LogP contribution in [-0.2, 0) is 6.42 Å². The maximum Gasteiger partial charge on any atom is 0.0328 e. The van der Waals surface area contributed by atoms with Crippen LogP contribution < -0.4 is 5.73 Å². The molecule has 0 aliphatic heterocycles. The van der Waals surface area contributed by atoms with Crippen LogP contribution in [0.4, 0.5) is 0 Å². The normalized spacial score (nSPS) is 23.8. The van der Waals surface area contributed by atoms with E-state index in [1.807, 2.05) is 0 Å². The van der Waals surface area contributed by atoms with Gasteiger partial charge in [-0.25, -0.2) is 0 Å². The van der Waals surface area contributed by atoms with Crippen LogP contribution in [0.5, 0.6) is 0 Å². The molecule has 0 heterocycles. The molecule has 1 saturated carbocycles. The standard InChI is InChI=1S/C19H31N/c1-14(2)13-15-8-10-16(11-9-15)18(20)17-7-5-6-12-19(17,3)4/h8-11,14,17-18H,5-7,12-13,20H2,1-4H3.